The van der Waals surface area contributed by atoms with Gasteiger partial charge in [0.05, 0.1) is 5.69 Å². The van der Waals surface area contributed by atoms with Gasteiger partial charge in [0.25, 0.3) is 0 Å². The maximum atomic E-state index is 11.1. The Morgan fingerprint density at radius 3 is 2.69 bits per heavy atom. The lowest BCUT2D eigenvalue weighted by Gasteiger charge is -2.39. The number of fused-ring (bicyclic) bond motifs is 1. The summed E-state index contributed by atoms with van der Waals surface area (Å²) in [4.78, 5) is 13.3. The molecule has 1 fully saturated rings. The molecule has 7 heteroatoms. The minimum Gasteiger partial charge on any atom is -0.489 e. The van der Waals surface area contributed by atoms with Crippen LogP contribution in [-0.2, 0) is 6.42 Å². The topological polar surface area (TPSA) is 97.1 Å². The van der Waals surface area contributed by atoms with E-state index in [9.17, 15) is 9.90 Å². The van der Waals surface area contributed by atoms with Crippen LogP contribution in [0.4, 0.5) is 10.5 Å². The molecule has 2 aromatic carbocycles. The largest absolute Gasteiger partial charge is 0.489 e. The third-order valence-electron chi connectivity index (χ3n) is 5.62. The Morgan fingerprint density at radius 1 is 1.21 bits per heavy atom. The number of benzene rings is 2. The number of anilines is 1. The fourth-order valence-corrected chi connectivity index (χ4v) is 4.15. The fraction of sp³-hybridized carbons (Fsp3) is 0.409. The predicted molar refractivity (Wildman–Crippen MR) is 110 cm³/mol. The van der Waals surface area contributed by atoms with Crippen LogP contribution in [0.3, 0.4) is 0 Å². The molecule has 0 aliphatic carbocycles. The van der Waals surface area contributed by atoms with Crippen LogP contribution in [0.2, 0.25) is 0 Å². The number of primary amides is 1. The van der Waals surface area contributed by atoms with E-state index in [1.54, 1.807) is 24.3 Å². The van der Waals surface area contributed by atoms with Gasteiger partial charge in [-0.05, 0) is 23.8 Å². The number of rotatable bonds is 6. The summed E-state index contributed by atoms with van der Waals surface area (Å²) in [6.07, 6.45) is 2.22. The lowest BCUT2D eigenvalue weighted by molar-refractivity contribution is -0.00191. The molecule has 0 bridgehead atoms. The molecule has 0 saturated carbocycles. The molecular weight excluding hydrogens is 370 g/mol. The number of β-amino-alcohol motifs (C(OH)–C–C–N with tert-alkyl or cyclic N) is 1. The van der Waals surface area contributed by atoms with E-state index in [0.717, 1.165) is 38.1 Å². The predicted octanol–water partition coefficient (Wildman–Crippen LogP) is 2.39. The number of carbonyl (C=O) groups excluding carboxylic acids is 1. The highest BCUT2D eigenvalue weighted by Gasteiger charge is 2.41. The van der Waals surface area contributed by atoms with Crippen molar-refractivity contribution in [2.24, 2.45) is 5.73 Å². The van der Waals surface area contributed by atoms with Gasteiger partial charge in [0, 0.05) is 38.9 Å². The van der Waals surface area contributed by atoms with E-state index in [4.69, 9.17) is 15.2 Å². The van der Waals surface area contributed by atoms with Crippen LogP contribution in [0.15, 0.2) is 48.5 Å². The molecule has 29 heavy (non-hydrogen) atoms. The van der Waals surface area contributed by atoms with Crippen molar-refractivity contribution in [2.75, 3.05) is 31.6 Å². The molecule has 7 nitrogen and oxygen atoms in total. The van der Waals surface area contributed by atoms with E-state index in [2.05, 4.69) is 22.3 Å². The summed E-state index contributed by atoms with van der Waals surface area (Å²) in [5.74, 6) is 1.50. The third-order valence-corrected chi connectivity index (χ3v) is 5.62. The summed E-state index contributed by atoms with van der Waals surface area (Å²) < 4.78 is 12.0. The van der Waals surface area contributed by atoms with Crippen LogP contribution in [-0.4, -0.2) is 54.0 Å². The van der Waals surface area contributed by atoms with E-state index in [-0.39, 0.29) is 12.2 Å². The fourth-order valence-electron chi connectivity index (χ4n) is 4.15. The second-order valence-electron chi connectivity index (χ2n) is 7.82. The molecule has 1 atom stereocenters. The minimum absolute atomic E-state index is 0.0962. The number of hydrogen-bond donors (Lipinski definition) is 3. The van der Waals surface area contributed by atoms with Gasteiger partial charge in [-0.1, -0.05) is 30.3 Å². The first kappa shape index (κ1) is 19.5. The van der Waals surface area contributed by atoms with E-state index in [1.807, 2.05) is 12.1 Å². The normalized spacial score (nSPS) is 18.7. The number of carbonyl (C=O) groups is 1. The van der Waals surface area contributed by atoms with Gasteiger partial charge in [0.2, 0.25) is 0 Å². The molecule has 0 radical (unpaired) electrons. The van der Waals surface area contributed by atoms with E-state index in [0.29, 0.717) is 18.0 Å². The van der Waals surface area contributed by atoms with Crippen molar-refractivity contribution in [1.29, 1.82) is 0 Å². The lowest BCUT2D eigenvalue weighted by Crippen LogP contribution is -2.49. The average Bonchev–Trinajstić information content (AvgIpc) is 3.07. The number of piperidine rings is 1. The number of para-hydroxylation sites is 3. The van der Waals surface area contributed by atoms with Gasteiger partial charge in [0.1, 0.15) is 29.8 Å². The number of nitrogens with zero attached hydrogens (tertiary/aromatic N) is 1. The van der Waals surface area contributed by atoms with Gasteiger partial charge in [-0.2, -0.15) is 0 Å². The Balaban J connectivity index is 1.25. The molecule has 4 rings (SSSR count). The number of ether oxygens (including phenoxy) is 2. The average molecular weight is 397 g/mol. The number of nitrogens with two attached hydrogens (primary N) is 1. The molecule has 2 aliphatic rings. The molecule has 2 heterocycles. The molecular formula is C22H27N3O4. The second kappa shape index (κ2) is 8.31. The van der Waals surface area contributed by atoms with Gasteiger partial charge in [-0.15, -0.1) is 0 Å². The minimum atomic E-state index is -0.653. The van der Waals surface area contributed by atoms with E-state index in [1.165, 1.54) is 5.56 Å². The zero-order chi connectivity index (χ0) is 20.3. The van der Waals surface area contributed by atoms with E-state index < -0.39 is 12.1 Å². The van der Waals surface area contributed by atoms with E-state index >= 15 is 0 Å². The lowest BCUT2D eigenvalue weighted by atomic mass is 9.87. The van der Waals surface area contributed by atoms with Crippen LogP contribution < -0.4 is 20.5 Å². The summed E-state index contributed by atoms with van der Waals surface area (Å²) in [6, 6.07) is 14.6. The number of aliphatic hydroxyl groups is 1. The number of nitrogens with one attached hydrogen (secondary N) is 1. The van der Waals surface area contributed by atoms with Crippen molar-refractivity contribution >= 4 is 11.7 Å². The van der Waals surface area contributed by atoms with Crippen LogP contribution in [0.1, 0.15) is 18.4 Å². The Morgan fingerprint density at radius 2 is 1.93 bits per heavy atom. The molecule has 2 aromatic rings. The second-order valence-corrected chi connectivity index (χ2v) is 7.82. The Labute approximate surface area is 170 Å². The first-order valence-corrected chi connectivity index (χ1v) is 9.99. The first-order chi connectivity index (χ1) is 14.0. The highest BCUT2D eigenvalue weighted by Crippen LogP contribution is 2.40. The number of hydrogen-bond acceptors (Lipinski definition) is 5. The van der Waals surface area contributed by atoms with Gasteiger partial charge in [0.15, 0.2) is 0 Å². The monoisotopic (exact) mass is 397 g/mol. The highest BCUT2D eigenvalue weighted by molar-refractivity contribution is 5.89. The first-order valence-electron chi connectivity index (χ1n) is 9.99. The molecule has 154 valence electrons. The maximum absolute atomic E-state index is 11.1. The Kier molecular flexibility index (Phi) is 5.60. The highest BCUT2D eigenvalue weighted by atomic mass is 16.5. The standard InChI is InChI=1S/C22H27N3O4/c23-21(27)24-18-6-2-4-8-20(18)28-15-17(26)14-25-11-9-22(10-12-25)13-16-5-1-3-7-19(16)29-22/h1-8,17,26H,9-15H2,(H3,23,24,27)/t17-/m0/s1. The van der Waals surface area contributed by atoms with Crippen molar-refractivity contribution < 1.29 is 19.4 Å². The van der Waals surface area contributed by atoms with Crippen molar-refractivity contribution in [1.82, 2.24) is 4.90 Å². The quantitative estimate of drug-likeness (QED) is 0.695. The maximum Gasteiger partial charge on any atom is 0.316 e. The molecule has 1 spiro atoms. The summed E-state index contributed by atoms with van der Waals surface area (Å²) in [6.45, 7) is 2.44. The van der Waals surface area contributed by atoms with Gasteiger partial charge in [-0.3, -0.25) is 0 Å². The summed E-state index contributed by atoms with van der Waals surface area (Å²) in [7, 11) is 0. The summed E-state index contributed by atoms with van der Waals surface area (Å²) in [5.41, 5.74) is 6.86. The van der Waals surface area contributed by atoms with Gasteiger partial charge < -0.3 is 30.5 Å². The number of urea groups is 1. The van der Waals surface area contributed by atoms with Crippen molar-refractivity contribution in [3.05, 3.63) is 54.1 Å². The summed E-state index contributed by atoms with van der Waals surface area (Å²) in [5, 5.41) is 12.9. The molecule has 4 N–H and O–H groups in total. The number of amides is 2. The molecule has 2 aliphatic heterocycles. The van der Waals surface area contributed by atoms with Gasteiger partial charge >= 0.3 is 6.03 Å². The van der Waals surface area contributed by atoms with Crippen LogP contribution in [0.25, 0.3) is 0 Å². The molecule has 0 aromatic heterocycles. The number of aliphatic hydroxyl groups excluding tert-OH is 1. The van der Waals surface area contributed by atoms with Crippen molar-refractivity contribution in [3.63, 3.8) is 0 Å². The van der Waals surface area contributed by atoms with Crippen LogP contribution in [0, 0.1) is 0 Å². The van der Waals surface area contributed by atoms with Crippen LogP contribution in [0.5, 0.6) is 11.5 Å². The Hall–Kier alpha value is -2.77. The zero-order valence-electron chi connectivity index (χ0n) is 16.3. The van der Waals surface area contributed by atoms with Crippen molar-refractivity contribution in [2.45, 2.75) is 31.0 Å². The third kappa shape index (κ3) is 4.63. The van der Waals surface area contributed by atoms with Crippen LogP contribution >= 0.6 is 0 Å². The number of likely N-dealkylation sites (tertiary alicyclic amines) is 1. The molecule has 2 amide bonds. The SMILES string of the molecule is NC(=O)Nc1ccccc1OC[C@@H](O)CN1CCC2(CC1)Cc1ccccc1O2. The Bertz CT molecular complexity index is 838. The summed E-state index contributed by atoms with van der Waals surface area (Å²) >= 11 is 0. The van der Waals surface area contributed by atoms with Crippen molar-refractivity contribution in [3.8, 4) is 11.5 Å². The van der Waals surface area contributed by atoms with Gasteiger partial charge in [-0.25, -0.2) is 4.79 Å². The molecule has 0 unspecified atom stereocenters. The molecule has 1 saturated heterocycles. The zero-order valence-corrected chi connectivity index (χ0v) is 16.3. The smallest absolute Gasteiger partial charge is 0.316 e.